The highest BCUT2D eigenvalue weighted by molar-refractivity contribution is 7.91. The van der Waals surface area contributed by atoms with E-state index >= 15 is 0 Å². The van der Waals surface area contributed by atoms with Gasteiger partial charge in [0.1, 0.15) is 18.5 Å². The summed E-state index contributed by atoms with van der Waals surface area (Å²) in [6, 6.07) is 1.69. The number of aliphatic hydroxyl groups excluding tert-OH is 1. The Labute approximate surface area is 167 Å². The summed E-state index contributed by atoms with van der Waals surface area (Å²) in [4.78, 5) is 18.8. The summed E-state index contributed by atoms with van der Waals surface area (Å²) in [5.74, 6) is -1.40. The summed E-state index contributed by atoms with van der Waals surface area (Å²) < 4.78 is 65.7. The second-order valence-electron chi connectivity index (χ2n) is 6.31. The Morgan fingerprint density at radius 1 is 1.33 bits per heavy atom. The number of hydrogen-bond acceptors (Lipinski definition) is 7. The predicted molar refractivity (Wildman–Crippen MR) is 97.1 cm³/mol. The van der Waals surface area contributed by atoms with Crippen molar-refractivity contribution < 1.29 is 36.2 Å². The standard InChI is InChI=1S/C17H15F3N4O5S/c1-3-30(28,29)13-5-10(17(18,19)20)6-21-14(13)15-22-11-4-9(12(26)8-25)7-24(27)16(11)23(15)2/h4-7,25H,3,8H2,1-2H3. The number of Topliss-reactive ketones (excluding diaryl/α,β-unsaturated/α-hetero) is 1. The minimum absolute atomic E-state index is 0.0247. The van der Waals surface area contributed by atoms with Gasteiger partial charge in [0.15, 0.2) is 21.1 Å². The lowest BCUT2D eigenvalue weighted by atomic mass is 10.2. The second-order valence-corrected chi connectivity index (χ2v) is 8.56. The van der Waals surface area contributed by atoms with E-state index in [2.05, 4.69) is 9.97 Å². The van der Waals surface area contributed by atoms with Gasteiger partial charge in [-0.1, -0.05) is 6.92 Å². The molecule has 9 nitrogen and oxygen atoms in total. The molecule has 3 aromatic heterocycles. The summed E-state index contributed by atoms with van der Waals surface area (Å²) in [7, 11) is -2.78. The van der Waals surface area contributed by atoms with Crippen molar-refractivity contribution in [3.8, 4) is 11.5 Å². The molecule has 0 bridgehead atoms. The van der Waals surface area contributed by atoms with E-state index in [1.807, 2.05) is 0 Å². The first-order valence-corrected chi connectivity index (χ1v) is 10.1. The monoisotopic (exact) mass is 444 g/mol. The fourth-order valence-corrected chi connectivity index (χ4v) is 3.91. The van der Waals surface area contributed by atoms with Gasteiger partial charge in [-0.2, -0.15) is 18.2 Å². The molecule has 3 rings (SSSR count). The van der Waals surface area contributed by atoms with E-state index in [0.29, 0.717) is 17.0 Å². The number of carbonyl (C=O) groups is 1. The number of alkyl halides is 3. The van der Waals surface area contributed by atoms with Crippen LogP contribution in [0.5, 0.6) is 0 Å². The number of hydrogen-bond donors (Lipinski definition) is 1. The maximum atomic E-state index is 13.1. The molecule has 0 aliphatic heterocycles. The van der Waals surface area contributed by atoms with Gasteiger partial charge in [0.25, 0.3) is 0 Å². The van der Waals surface area contributed by atoms with Crippen LogP contribution in [0.4, 0.5) is 13.2 Å². The number of aliphatic hydroxyl groups is 1. The van der Waals surface area contributed by atoms with Gasteiger partial charge >= 0.3 is 11.8 Å². The van der Waals surface area contributed by atoms with Crippen LogP contribution < -0.4 is 4.73 Å². The molecule has 3 aromatic rings. The van der Waals surface area contributed by atoms with Crippen LogP contribution in [0.2, 0.25) is 0 Å². The number of aryl methyl sites for hydroxylation is 1. The average Bonchev–Trinajstić information content (AvgIpc) is 3.02. The van der Waals surface area contributed by atoms with Gasteiger partial charge in [0.05, 0.1) is 28.8 Å². The number of fused-ring (bicyclic) bond motifs is 1. The Bertz CT molecular complexity index is 1270. The van der Waals surface area contributed by atoms with Crippen molar-refractivity contribution in [3.63, 3.8) is 0 Å². The molecular formula is C17H15F3N4O5S. The number of imidazole rings is 1. The summed E-state index contributed by atoms with van der Waals surface area (Å²) in [5.41, 5.74) is -1.85. The number of aromatic nitrogens is 4. The lowest BCUT2D eigenvalue weighted by Gasteiger charge is -2.11. The molecule has 0 saturated heterocycles. The third-order valence-electron chi connectivity index (χ3n) is 4.42. The van der Waals surface area contributed by atoms with Gasteiger partial charge in [0.2, 0.25) is 5.82 Å². The molecule has 0 amide bonds. The van der Waals surface area contributed by atoms with Crippen LogP contribution in [0.15, 0.2) is 29.4 Å². The van der Waals surface area contributed by atoms with Crippen molar-refractivity contribution in [2.75, 3.05) is 12.4 Å². The quantitative estimate of drug-likeness (QED) is 0.356. The molecule has 3 heterocycles. The summed E-state index contributed by atoms with van der Waals surface area (Å²) >= 11 is 0. The van der Waals surface area contributed by atoms with Gasteiger partial charge in [-0.05, 0) is 12.1 Å². The van der Waals surface area contributed by atoms with Crippen LogP contribution in [0.25, 0.3) is 22.7 Å². The summed E-state index contributed by atoms with van der Waals surface area (Å²) in [5, 5.41) is 21.3. The second kappa shape index (κ2) is 7.32. The molecule has 1 N–H and O–H groups in total. The lowest BCUT2D eigenvalue weighted by molar-refractivity contribution is -0.580. The largest absolute Gasteiger partial charge is 0.711 e. The normalized spacial score (nSPS) is 12.5. The molecule has 160 valence electrons. The number of rotatable bonds is 5. The van der Waals surface area contributed by atoms with Gasteiger partial charge in [0, 0.05) is 6.20 Å². The molecule has 13 heteroatoms. The Hall–Kier alpha value is -3.06. The fourth-order valence-electron chi connectivity index (χ4n) is 2.86. The van der Waals surface area contributed by atoms with Gasteiger partial charge in [-0.3, -0.25) is 4.79 Å². The van der Waals surface area contributed by atoms with Crippen LogP contribution in [-0.2, 0) is 23.1 Å². The maximum absolute atomic E-state index is 13.1. The third kappa shape index (κ3) is 3.61. The van der Waals surface area contributed by atoms with E-state index in [1.54, 1.807) is 0 Å². The first-order valence-electron chi connectivity index (χ1n) is 8.44. The van der Waals surface area contributed by atoms with Gasteiger partial charge in [-0.15, -0.1) is 0 Å². The number of carbonyl (C=O) groups excluding carboxylic acids is 1. The van der Waals surface area contributed by atoms with E-state index in [9.17, 15) is 31.6 Å². The first-order chi connectivity index (χ1) is 13.9. The van der Waals surface area contributed by atoms with E-state index in [-0.39, 0.29) is 28.2 Å². The van der Waals surface area contributed by atoms with Gasteiger partial charge < -0.3 is 10.3 Å². The SMILES string of the molecule is CCS(=O)(=O)c1cc(C(F)(F)F)cnc1-c1nc2cc(C(=O)CO)c[n+]([O-])c2n1C. The molecule has 0 fully saturated rings. The number of nitrogens with zero attached hydrogens (tertiary/aromatic N) is 4. The number of halogens is 3. The van der Waals surface area contributed by atoms with Crippen LogP contribution in [0.1, 0.15) is 22.8 Å². The molecule has 0 radical (unpaired) electrons. The van der Waals surface area contributed by atoms with Crippen LogP contribution in [0.3, 0.4) is 0 Å². The van der Waals surface area contributed by atoms with E-state index in [0.717, 1.165) is 6.20 Å². The molecule has 0 aliphatic rings. The topological polar surface area (TPSA) is 129 Å². The maximum Gasteiger partial charge on any atom is 0.417 e. The summed E-state index contributed by atoms with van der Waals surface area (Å²) in [6.45, 7) is 0.428. The highest BCUT2D eigenvalue weighted by Gasteiger charge is 2.35. The summed E-state index contributed by atoms with van der Waals surface area (Å²) in [6.07, 6.45) is -3.42. The zero-order chi connectivity index (χ0) is 22.4. The Kier molecular flexibility index (Phi) is 5.28. The predicted octanol–water partition coefficient (Wildman–Crippen LogP) is 1.26. The van der Waals surface area contributed by atoms with Crippen molar-refractivity contribution in [2.24, 2.45) is 7.05 Å². The Morgan fingerprint density at radius 3 is 2.57 bits per heavy atom. The van der Waals surface area contributed by atoms with Crippen LogP contribution >= 0.6 is 0 Å². The average molecular weight is 444 g/mol. The van der Waals surface area contributed by atoms with Crippen LogP contribution in [-0.4, -0.2) is 46.2 Å². The molecule has 0 spiro atoms. The van der Waals surface area contributed by atoms with Crippen molar-refractivity contribution >= 4 is 26.8 Å². The molecule has 0 saturated carbocycles. The number of ketones is 1. The zero-order valence-corrected chi connectivity index (χ0v) is 16.5. The van der Waals surface area contributed by atoms with E-state index < -0.39 is 44.6 Å². The van der Waals surface area contributed by atoms with Crippen molar-refractivity contribution in [1.82, 2.24) is 14.5 Å². The minimum Gasteiger partial charge on any atom is -0.711 e. The lowest BCUT2D eigenvalue weighted by Crippen LogP contribution is -2.30. The number of sulfone groups is 1. The Morgan fingerprint density at radius 2 is 2.00 bits per heavy atom. The van der Waals surface area contributed by atoms with Gasteiger partial charge in [-0.25, -0.2) is 22.7 Å². The minimum atomic E-state index is -4.81. The highest BCUT2D eigenvalue weighted by atomic mass is 32.2. The third-order valence-corrected chi connectivity index (χ3v) is 6.16. The molecular weight excluding hydrogens is 429 g/mol. The van der Waals surface area contributed by atoms with Crippen molar-refractivity contribution in [3.05, 3.63) is 40.9 Å². The highest BCUT2D eigenvalue weighted by Crippen LogP contribution is 2.34. The smallest absolute Gasteiger partial charge is 0.417 e. The molecule has 0 unspecified atom stereocenters. The van der Waals surface area contributed by atoms with Crippen molar-refractivity contribution in [2.45, 2.75) is 18.0 Å². The molecule has 0 aliphatic carbocycles. The van der Waals surface area contributed by atoms with E-state index in [4.69, 9.17) is 5.11 Å². The number of pyridine rings is 2. The van der Waals surface area contributed by atoms with E-state index in [1.165, 1.54) is 24.6 Å². The Balaban J connectivity index is 2.34. The molecule has 0 atom stereocenters. The molecule has 30 heavy (non-hydrogen) atoms. The zero-order valence-electron chi connectivity index (χ0n) is 15.6. The molecule has 0 aromatic carbocycles. The fraction of sp³-hybridized carbons (Fsp3) is 0.294. The van der Waals surface area contributed by atoms with Crippen molar-refractivity contribution in [1.29, 1.82) is 0 Å². The van der Waals surface area contributed by atoms with Crippen LogP contribution in [0, 0.1) is 5.21 Å². The first kappa shape index (κ1) is 21.6.